The molecular weight excluding hydrogens is 320 g/mol. The van der Waals surface area contributed by atoms with Crippen LogP contribution in [-0.2, 0) is 11.3 Å². The summed E-state index contributed by atoms with van der Waals surface area (Å²) in [5.74, 6) is -0.214. The second-order valence-corrected chi connectivity index (χ2v) is 5.38. The van der Waals surface area contributed by atoms with E-state index in [9.17, 15) is 4.79 Å². The highest BCUT2D eigenvalue weighted by atomic mass is 16.2. The molecule has 0 fully saturated rings. The molecule has 0 saturated carbocycles. The Hall–Kier alpha value is -3.62. The topological polar surface area (TPSA) is 103 Å². The van der Waals surface area contributed by atoms with Crippen molar-refractivity contribution in [3.8, 4) is 0 Å². The van der Waals surface area contributed by atoms with Gasteiger partial charge in [-0.1, -0.05) is 30.3 Å². The van der Waals surface area contributed by atoms with E-state index in [2.05, 4.69) is 30.9 Å². The number of fused-ring (bicyclic) bond motifs is 1. The van der Waals surface area contributed by atoms with Gasteiger partial charge < -0.3 is 5.32 Å². The molecule has 0 aliphatic rings. The molecule has 9 heteroatoms. The Bertz CT molecular complexity index is 980. The summed E-state index contributed by atoms with van der Waals surface area (Å²) in [4.78, 5) is 17.1. The van der Waals surface area contributed by atoms with Crippen molar-refractivity contribution < 1.29 is 4.79 Å². The van der Waals surface area contributed by atoms with Gasteiger partial charge in [-0.25, -0.2) is 14.2 Å². The fraction of sp³-hybridized carbons (Fsp3) is 0.125. The first-order valence-corrected chi connectivity index (χ1v) is 7.65. The van der Waals surface area contributed by atoms with E-state index in [-0.39, 0.29) is 5.91 Å². The summed E-state index contributed by atoms with van der Waals surface area (Å²) in [6.07, 6.45) is 6.61. The van der Waals surface area contributed by atoms with Crippen LogP contribution in [0.15, 0.2) is 61.3 Å². The van der Waals surface area contributed by atoms with Crippen molar-refractivity contribution in [3.63, 3.8) is 0 Å². The Morgan fingerprint density at radius 3 is 2.88 bits per heavy atom. The van der Waals surface area contributed by atoms with Crippen molar-refractivity contribution in [2.45, 2.75) is 12.6 Å². The summed E-state index contributed by atoms with van der Waals surface area (Å²) in [6.45, 7) is 0.310. The number of nitrogens with one attached hydrogen (secondary N) is 1. The molecule has 0 spiro atoms. The summed E-state index contributed by atoms with van der Waals surface area (Å²) in [7, 11) is 0. The van der Waals surface area contributed by atoms with Crippen LogP contribution >= 0.6 is 0 Å². The standard InChI is InChI=1S/C16H14N8O/c25-16(18-9-13-10-20-23-8-4-7-17-15(13)23)14(24-11-19-21-22-24)12-5-2-1-3-6-12/h1-8,10-11,14H,9H2,(H,18,25). The van der Waals surface area contributed by atoms with Gasteiger partial charge in [0.25, 0.3) is 0 Å². The second-order valence-electron chi connectivity index (χ2n) is 5.38. The van der Waals surface area contributed by atoms with Crippen LogP contribution < -0.4 is 5.32 Å². The van der Waals surface area contributed by atoms with Gasteiger partial charge in [-0.05, 0) is 22.1 Å². The Kier molecular flexibility index (Phi) is 3.87. The lowest BCUT2D eigenvalue weighted by molar-refractivity contribution is -0.123. The van der Waals surface area contributed by atoms with Crippen molar-refractivity contribution in [3.05, 3.63) is 72.4 Å². The molecule has 0 saturated heterocycles. The van der Waals surface area contributed by atoms with E-state index in [1.165, 1.54) is 11.0 Å². The van der Waals surface area contributed by atoms with E-state index >= 15 is 0 Å². The average Bonchev–Trinajstić information content (AvgIpc) is 3.31. The third-order valence-corrected chi connectivity index (χ3v) is 3.80. The normalized spacial score (nSPS) is 12.2. The molecule has 124 valence electrons. The molecular formula is C16H14N8O. The molecule has 1 atom stereocenters. The number of aromatic nitrogens is 7. The van der Waals surface area contributed by atoms with Crippen molar-refractivity contribution >= 4 is 11.6 Å². The zero-order chi connectivity index (χ0) is 17.1. The van der Waals surface area contributed by atoms with E-state index in [0.717, 1.165) is 11.1 Å². The summed E-state index contributed by atoms with van der Waals surface area (Å²) in [5.41, 5.74) is 2.34. The molecule has 1 N–H and O–H groups in total. The van der Waals surface area contributed by atoms with Crippen LogP contribution in [0.1, 0.15) is 17.2 Å². The van der Waals surface area contributed by atoms with Gasteiger partial charge >= 0.3 is 0 Å². The van der Waals surface area contributed by atoms with Crippen LogP contribution in [-0.4, -0.2) is 40.7 Å². The average molecular weight is 334 g/mol. The van der Waals surface area contributed by atoms with Crippen LogP contribution in [0.3, 0.4) is 0 Å². The number of hydrogen-bond donors (Lipinski definition) is 1. The number of nitrogens with zero attached hydrogens (tertiary/aromatic N) is 7. The fourth-order valence-electron chi connectivity index (χ4n) is 2.63. The van der Waals surface area contributed by atoms with E-state index in [0.29, 0.717) is 12.2 Å². The zero-order valence-electron chi connectivity index (χ0n) is 13.1. The van der Waals surface area contributed by atoms with Gasteiger partial charge in [0.15, 0.2) is 11.7 Å². The number of hydrogen-bond acceptors (Lipinski definition) is 6. The van der Waals surface area contributed by atoms with Gasteiger partial charge in [-0.2, -0.15) is 5.10 Å². The minimum Gasteiger partial charge on any atom is -0.350 e. The number of amides is 1. The van der Waals surface area contributed by atoms with Crippen LogP contribution in [0.5, 0.6) is 0 Å². The van der Waals surface area contributed by atoms with E-state index in [1.54, 1.807) is 23.0 Å². The van der Waals surface area contributed by atoms with Crippen LogP contribution in [0, 0.1) is 0 Å². The SMILES string of the molecule is O=C(NCc1cnn2cccnc12)C(c1ccccc1)n1cnnn1. The minimum absolute atomic E-state index is 0.214. The van der Waals surface area contributed by atoms with Crippen molar-refractivity contribution in [1.82, 2.24) is 40.1 Å². The molecule has 0 bridgehead atoms. The Labute approximate surface area is 142 Å². The molecule has 0 aliphatic carbocycles. The Morgan fingerprint density at radius 1 is 1.20 bits per heavy atom. The van der Waals surface area contributed by atoms with Crippen LogP contribution in [0.25, 0.3) is 5.65 Å². The summed E-state index contributed by atoms with van der Waals surface area (Å²) >= 11 is 0. The molecule has 1 amide bonds. The summed E-state index contributed by atoms with van der Waals surface area (Å²) < 4.78 is 3.09. The minimum atomic E-state index is -0.647. The number of tetrazole rings is 1. The summed E-state index contributed by atoms with van der Waals surface area (Å²) in [6, 6.07) is 10.5. The molecule has 0 aliphatic heterocycles. The maximum atomic E-state index is 12.8. The first-order chi connectivity index (χ1) is 12.3. The summed E-state index contributed by atoms with van der Waals surface area (Å²) in [5, 5.41) is 18.3. The molecule has 4 aromatic rings. The monoisotopic (exact) mass is 334 g/mol. The number of benzene rings is 1. The van der Waals surface area contributed by atoms with E-state index in [1.807, 2.05) is 36.5 Å². The van der Waals surface area contributed by atoms with E-state index < -0.39 is 6.04 Å². The lowest BCUT2D eigenvalue weighted by Gasteiger charge is -2.16. The molecule has 3 aromatic heterocycles. The third-order valence-electron chi connectivity index (χ3n) is 3.80. The van der Waals surface area contributed by atoms with Gasteiger partial charge in [-0.3, -0.25) is 4.79 Å². The smallest absolute Gasteiger partial charge is 0.249 e. The molecule has 9 nitrogen and oxygen atoms in total. The van der Waals surface area contributed by atoms with Crippen molar-refractivity contribution in [1.29, 1.82) is 0 Å². The first kappa shape index (κ1) is 14.9. The van der Waals surface area contributed by atoms with Gasteiger partial charge in [0, 0.05) is 24.5 Å². The maximum absolute atomic E-state index is 12.8. The lowest BCUT2D eigenvalue weighted by atomic mass is 10.1. The fourth-order valence-corrected chi connectivity index (χ4v) is 2.63. The number of carbonyl (C=O) groups excluding carboxylic acids is 1. The molecule has 0 radical (unpaired) electrons. The largest absolute Gasteiger partial charge is 0.350 e. The highest BCUT2D eigenvalue weighted by molar-refractivity contribution is 5.83. The van der Waals surface area contributed by atoms with E-state index in [4.69, 9.17) is 0 Å². The number of carbonyl (C=O) groups is 1. The maximum Gasteiger partial charge on any atom is 0.249 e. The predicted molar refractivity (Wildman–Crippen MR) is 87.2 cm³/mol. The molecule has 1 aromatic carbocycles. The second kappa shape index (κ2) is 6.48. The highest BCUT2D eigenvalue weighted by Gasteiger charge is 2.23. The zero-order valence-corrected chi connectivity index (χ0v) is 13.1. The molecule has 3 heterocycles. The Morgan fingerprint density at radius 2 is 2.08 bits per heavy atom. The lowest BCUT2D eigenvalue weighted by Crippen LogP contribution is -2.33. The molecule has 1 unspecified atom stereocenters. The van der Waals surface area contributed by atoms with Gasteiger partial charge in [0.2, 0.25) is 5.91 Å². The predicted octanol–water partition coefficient (Wildman–Crippen LogP) is 0.622. The van der Waals surface area contributed by atoms with Crippen molar-refractivity contribution in [2.75, 3.05) is 0 Å². The number of rotatable bonds is 5. The molecule has 25 heavy (non-hydrogen) atoms. The van der Waals surface area contributed by atoms with Gasteiger partial charge in [0.05, 0.1) is 6.20 Å². The van der Waals surface area contributed by atoms with Crippen LogP contribution in [0.4, 0.5) is 0 Å². The van der Waals surface area contributed by atoms with Crippen molar-refractivity contribution in [2.24, 2.45) is 0 Å². The molecule has 4 rings (SSSR count). The quantitative estimate of drug-likeness (QED) is 0.574. The highest BCUT2D eigenvalue weighted by Crippen LogP contribution is 2.17. The Balaban J connectivity index is 1.57. The van der Waals surface area contributed by atoms with Crippen LogP contribution in [0.2, 0.25) is 0 Å². The third kappa shape index (κ3) is 2.94. The van der Waals surface area contributed by atoms with Gasteiger partial charge in [-0.15, -0.1) is 5.10 Å². The van der Waals surface area contributed by atoms with Gasteiger partial charge in [0.1, 0.15) is 6.33 Å². The first-order valence-electron chi connectivity index (χ1n) is 7.65.